The van der Waals surface area contributed by atoms with E-state index in [9.17, 15) is 4.79 Å². The highest BCUT2D eigenvalue weighted by molar-refractivity contribution is 5.87. The largest absolute Gasteiger partial charge is 0.493 e. The minimum Gasteiger partial charge on any atom is -0.493 e. The van der Waals surface area contributed by atoms with Crippen LogP contribution in [0, 0.1) is 6.92 Å². The van der Waals surface area contributed by atoms with Gasteiger partial charge in [0, 0.05) is 23.1 Å². The third-order valence-electron chi connectivity index (χ3n) is 5.98. The average molecular weight is 490 g/mol. The van der Waals surface area contributed by atoms with Gasteiger partial charge in [-0.2, -0.15) is 0 Å². The summed E-state index contributed by atoms with van der Waals surface area (Å²) in [6, 6.07) is 20.6. The first kappa shape index (κ1) is 24.9. The number of rotatable bonds is 7. The number of hydrogen-bond donors (Lipinski definition) is 3. The van der Waals surface area contributed by atoms with Crippen molar-refractivity contribution in [2.45, 2.75) is 25.9 Å². The van der Waals surface area contributed by atoms with Gasteiger partial charge in [0.15, 0.2) is 23.0 Å². The van der Waals surface area contributed by atoms with Crippen LogP contribution in [0.4, 0.5) is 0 Å². The number of hydrogen-bond acceptors (Lipinski definition) is 6. The third-order valence-corrected chi connectivity index (χ3v) is 5.98. The number of benzene rings is 3. The summed E-state index contributed by atoms with van der Waals surface area (Å²) in [5, 5.41) is 4.01. The molecule has 0 unspecified atom stereocenters. The molecule has 1 aromatic heterocycles. The molecular weight excluding hydrogens is 458 g/mol. The molecule has 188 valence electrons. The molecule has 8 heteroatoms. The lowest BCUT2D eigenvalue weighted by Gasteiger charge is -2.14. The Kier molecular flexibility index (Phi) is 7.97. The Balaban J connectivity index is 0.000000280. The van der Waals surface area contributed by atoms with Crippen LogP contribution >= 0.6 is 0 Å². The molecule has 4 aromatic rings. The van der Waals surface area contributed by atoms with Crippen molar-refractivity contribution in [1.29, 1.82) is 0 Å². The van der Waals surface area contributed by atoms with Crippen LogP contribution in [0.3, 0.4) is 0 Å². The Bertz CT molecular complexity index is 1310. The number of methoxy groups -OCH3 is 2. The molecule has 1 amide bonds. The average Bonchev–Trinajstić information content (AvgIpc) is 3.51. The lowest BCUT2D eigenvalue weighted by Crippen LogP contribution is -2.41. The number of carbonyl (C=O) groups is 1. The van der Waals surface area contributed by atoms with Gasteiger partial charge in [-0.1, -0.05) is 36.4 Å². The minimum atomic E-state index is -0.622. The molecule has 3 aromatic carbocycles. The molecule has 0 radical (unpaired) electrons. The molecule has 8 nitrogen and oxygen atoms in total. The standard InChI is InChI=1S/C21H25N3O3.C7H6O2/c1-13-16(15-6-4-5-7-18(15)24-13)11-17(22)21(25)23-12-14-8-9-19(26-2)20(10-14)27-3;1-2-4-7-6(3-1)8-5-9-7/h4-10,17,24H,11-12,22H2,1-3H3,(H,23,25);1-4H,5H2/t17-;/m0./s1. The van der Waals surface area contributed by atoms with Gasteiger partial charge in [0.25, 0.3) is 0 Å². The van der Waals surface area contributed by atoms with Crippen LogP contribution in [0.25, 0.3) is 10.9 Å². The maximum atomic E-state index is 12.5. The molecular formula is C28H31N3O5. The molecule has 1 aliphatic heterocycles. The monoisotopic (exact) mass is 489 g/mol. The van der Waals surface area contributed by atoms with Crippen LogP contribution in [0.1, 0.15) is 16.8 Å². The molecule has 1 aliphatic rings. The fraction of sp³-hybridized carbons (Fsp3) is 0.250. The number of H-pyrrole nitrogens is 1. The quantitative estimate of drug-likeness (QED) is 0.361. The first-order valence-corrected chi connectivity index (χ1v) is 11.6. The summed E-state index contributed by atoms with van der Waals surface area (Å²) in [7, 11) is 3.17. The summed E-state index contributed by atoms with van der Waals surface area (Å²) in [6.07, 6.45) is 0.480. The predicted octanol–water partition coefficient (Wildman–Crippen LogP) is 4.10. The normalized spacial score (nSPS) is 12.4. The van der Waals surface area contributed by atoms with E-state index in [-0.39, 0.29) is 5.91 Å². The van der Waals surface area contributed by atoms with Crippen molar-refractivity contribution in [3.05, 3.63) is 83.6 Å². The van der Waals surface area contributed by atoms with Crippen LogP contribution in [0.5, 0.6) is 23.0 Å². The maximum absolute atomic E-state index is 12.5. The molecule has 0 fully saturated rings. The molecule has 0 aliphatic carbocycles. The summed E-state index contributed by atoms with van der Waals surface area (Å²) < 4.78 is 20.7. The van der Waals surface area contributed by atoms with E-state index in [0.717, 1.165) is 39.2 Å². The first-order chi connectivity index (χ1) is 17.5. The first-order valence-electron chi connectivity index (χ1n) is 11.6. The van der Waals surface area contributed by atoms with Crippen LogP contribution < -0.4 is 30.0 Å². The van der Waals surface area contributed by atoms with Crippen molar-refractivity contribution in [3.8, 4) is 23.0 Å². The molecule has 2 heterocycles. The fourth-order valence-corrected chi connectivity index (χ4v) is 4.07. The van der Waals surface area contributed by atoms with Gasteiger partial charge in [-0.15, -0.1) is 0 Å². The zero-order valence-corrected chi connectivity index (χ0v) is 20.7. The summed E-state index contributed by atoms with van der Waals surface area (Å²) in [5.41, 5.74) is 10.3. The number of fused-ring (bicyclic) bond motifs is 2. The number of carbonyl (C=O) groups excluding carboxylic acids is 1. The molecule has 1 atom stereocenters. The van der Waals surface area contributed by atoms with E-state index in [1.54, 1.807) is 14.2 Å². The molecule has 36 heavy (non-hydrogen) atoms. The van der Waals surface area contributed by atoms with Gasteiger partial charge in [-0.3, -0.25) is 4.79 Å². The second-order valence-electron chi connectivity index (χ2n) is 8.35. The Morgan fingerprint density at radius 2 is 1.67 bits per heavy atom. The summed E-state index contributed by atoms with van der Waals surface area (Å²) in [5.74, 6) is 2.78. The molecule has 0 saturated heterocycles. The van der Waals surface area contributed by atoms with Crippen molar-refractivity contribution < 1.29 is 23.7 Å². The van der Waals surface area contributed by atoms with E-state index in [1.165, 1.54) is 0 Å². The van der Waals surface area contributed by atoms with Gasteiger partial charge >= 0.3 is 0 Å². The third kappa shape index (κ3) is 5.72. The summed E-state index contributed by atoms with van der Waals surface area (Å²) in [6.45, 7) is 2.74. The van der Waals surface area contributed by atoms with Crippen LogP contribution in [0.2, 0.25) is 0 Å². The van der Waals surface area contributed by atoms with Crippen LogP contribution in [0.15, 0.2) is 66.7 Å². The van der Waals surface area contributed by atoms with Crippen molar-refractivity contribution >= 4 is 16.8 Å². The van der Waals surface area contributed by atoms with Crippen molar-refractivity contribution in [3.63, 3.8) is 0 Å². The maximum Gasteiger partial charge on any atom is 0.237 e. The van der Waals surface area contributed by atoms with Crippen molar-refractivity contribution in [2.75, 3.05) is 21.0 Å². The van der Waals surface area contributed by atoms with Gasteiger partial charge in [0.2, 0.25) is 12.7 Å². The summed E-state index contributed by atoms with van der Waals surface area (Å²) >= 11 is 0. The van der Waals surface area contributed by atoms with Gasteiger partial charge in [-0.05, 0) is 54.8 Å². The zero-order valence-electron chi connectivity index (χ0n) is 20.7. The Labute approximate surface area is 210 Å². The number of aromatic nitrogens is 1. The molecule has 5 rings (SSSR count). The fourth-order valence-electron chi connectivity index (χ4n) is 4.07. The van der Waals surface area contributed by atoms with E-state index in [4.69, 9.17) is 24.7 Å². The van der Waals surface area contributed by atoms with Crippen LogP contribution in [-0.4, -0.2) is 37.9 Å². The number of nitrogens with two attached hydrogens (primary N) is 1. The molecule has 0 saturated carbocycles. The number of amides is 1. The smallest absolute Gasteiger partial charge is 0.237 e. The molecule has 0 bridgehead atoms. The highest BCUT2D eigenvalue weighted by Gasteiger charge is 2.18. The lowest BCUT2D eigenvalue weighted by atomic mass is 10.0. The van der Waals surface area contributed by atoms with Gasteiger partial charge in [0.05, 0.1) is 20.3 Å². The van der Waals surface area contributed by atoms with E-state index in [2.05, 4.69) is 10.3 Å². The second-order valence-corrected chi connectivity index (χ2v) is 8.35. The number of aryl methyl sites for hydroxylation is 1. The predicted molar refractivity (Wildman–Crippen MR) is 139 cm³/mol. The van der Waals surface area contributed by atoms with E-state index in [0.29, 0.717) is 31.3 Å². The Hall–Kier alpha value is -4.17. The molecule has 0 spiro atoms. The van der Waals surface area contributed by atoms with Gasteiger partial charge in [-0.25, -0.2) is 0 Å². The number of ether oxygens (including phenoxy) is 4. The molecule has 4 N–H and O–H groups in total. The number of para-hydroxylation sites is 3. The number of aromatic amines is 1. The topological polar surface area (TPSA) is 108 Å². The summed E-state index contributed by atoms with van der Waals surface area (Å²) in [4.78, 5) is 15.8. The SMILES string of the molecule is COc1ccc(CNC(=O)[C@@H](N)Cc2c(C)[nH]c3ccccc23)cc1OC.c1ccc2c(c1)OCO2. The van der Waals surface area contributed by atoms with Gasteiger partial charge in [0.1, 0.15) is 0 Å². The lowest BCUT2D eigenvalue weighted by molar-refractivity contribution is -0.122. The zero-order chi connectivity index (χ0) is 25.5. The van der Waals surface area contributed by atoms with E-state index >= 15 is 0 Å². The van der Waals surface area contributed by atoms with Crippen molar-refractivity contribution in [1.82, 2.24) is 10.3 Å². The Morgan fingerprint density at radius 1 is 1.00 bits per heavy atom. The van der Waals surface area contributed by atoms with E-state index < -0.39 is 6.04 Å². The highest BCUT2D eigenvalue weighted by atomic mass is 16.7. The minimum absolute atomic E-state index is 0.186. The second kappa shape index (κ2) is 11.5. The van der Waals surface area contributed by atoms with E-state index in [1.807, 2.05) is 73.7 Å². The van der Waals surface area contributed by atoms with Crippen molar-refractivity contribution in [2.24, 2.45) is 5.73 Å². The highest BCUT2D eigenvalue weighted by Crippen LogP contribution is 2.30. The number of nitrogens with one attached hydrogen (secondary N) is 2. The van der Waals surface area contributed by atoms with Crippen LogP contribution in [-0.2, 0) is 17.8 Å². The Morgan fingerprint density at radius 3 is 2.36 bits per heavy atom. The van der Waals surface area contributed by atoms with Gasteiger partial charge < -0.3 is 35.0 Å².